The van der Waals surface area contributed by atoms with E-state index in [1.165, 1.54) is 12.1 Å². The lowest BCUT2D eigenvalue weighted by Gasteiger charge is -2.14. The Labute approximate surface area is 124 Å². The van der Waals surface area contributed by atoms with Gasteiger partial charge in [-0.1, -0.05) is 28.1 Å². The minimum atomic E-state index is -4.47. The predicted octanol–water partition coefficient (Wildman–Crippen LogP) is 6.02. The van der Waals surface area contributed by atoms with E-state index in [1.54, 1.807) is 24.3 Å². The number of benzene rings is 2. The Morgan fingerprint density at radius 1 is 0.895 bits per heavy atom. The molecule has 100 valence electrons. The SMILES string of the molecule is FC(F)(F)c1cc(Br)ccc1Oc1ccccc1Br. The molecule has 19 heavy (non-hydrogen) atoms. The van der Waals surface area contributed by atoms with Crippen LogP contribution in [0.2, 0.25) is 0 Å². The molecule has 0 radical (unpaired) electrons. The van der Waals surface area contributed by atoms with Gasteiger partial charge in [-0.2, -0.15) is 13.2 Å². The molecular weight excluding hydrogens is 389 g/mol. The molecule has 0 bridgehead atoms. The van der Waals surface area contributed by atoms with Crippen molar-refractivity contribution in [3.8, 4) is 11.5 Å². The predicted molar refractivity (Wildman–Crippen MR) is 73.4 cm³/mol. The first-order valence-electron chi connectivity index (χ1n) is 5.17. The van der Waals surface area contributed by atoms with E-state index in [2.05, 4.69) is 31.9 Å². The van der Waals surface area contributed by atoms with Crippen molar-refractivity contribution < 1.29 is 17.9 Å². The highest BCUT2D eigenvalue weighted by Gasteiger charge is 2.34. The van der Waals surface area contributed by atoms with Crippen molar-refractivity contribution in [2.24, 2.45) is 0 Å². The first kappa shape index (κ1) is 14.4. The Kier molecular flexibility index (Phi) is 4.20. The highest BCUT2D eigenvalue weighted by atomic mass is 79.9. The number of ether oxygens (including phenoxy) is 1. The van der Waals surface area contributed by atoms with Gasteiger partial charge >= 0.3 is 6.18 Å². The number of hydrogen-bond acceptors (Lipinski definition) is 1. The molecule has 0 aromatic heterocycles. The van der Waals surface area contributed by atoms with Crippen LogP contribution in [-0.4, -0.2) is 0 Å². The highest BCUT2D eigenvalue weighted by molar-refractivity contribution is 9.10. The zero-order valence-electron chi connectivity index (χ0n) is 9.34. The van der Waals surface area contributed by atoms with Crippen molar-refractivity contribution >= 4 is 31.9 Å². The van der Waals surface area contributed by atoms with Crippen LogP contribution in [0.3, 0.4) is 0 Å². The van der Waals surface area contributed by atoms with Gasteiger partial charge in [0.25, 0.3) is 0 Å². The van der Waals surface area contributed by atoms with Gasteiger partial charge in [0.1, 0.15) is 11.5 Å². The van der Waals surface area contributed by atoms with E-state index in [4.69, 9.17) is 4.74 Å². The summed E-state index contributed by atoms with van der Waals surface area (Å²) in [5.41, 5.74) is -0.822. The molecule has 0 amide bonds. The molecule has 0 fully saturated rings. The summed E-state index contributed by atoms with van der Waals surface area (Å²) in [6.45, 7) is 0. The molecule has 0 saturated heterocycles. The molecule has 0 saturated carbocycles. The summed E-state index contributed by atoms with van der Waals surface area (Å²) in [6.07, 6.45) is -4.47. The van der Waals surface area contributed by atoms with Gasteiger partial charge < -0.3 is 4.74 Å². The summed E-state index contributed by atoms with van der Waals surface area (Å²) in [7, 11) is 0. The second-order valence-corrected chi connectivity index (χ2v) is 5.44. The van der Waals surface area contributed by atoms with Crippen LogP contribution in [0.25, 0.3) is 0 Å². The molecule has 1 nitrogen and oxygen atoms in total. The van der Waals surface area contributed by atoms with E-state index in [9.17, 15) is 13.2 Å². The zero-order chi connectivity index (χ0) is 14.0. The topological polar surface area (TPSA) is 9.23 Å². The zero-order valence-corrected chi connectivity index (χ0v) is 12.5. The van der Waals surface area contributed by atoms with Crippen LogP contribution in [0.1, 0.15) is 5.56 Å². The average molecular weight is 396 g/mol. The van der Waals surface area contributed by atoms with Gasteiger partial charge in [0.05, 0.1) is 10.0 Å². The maximum atomic E-state index is 12.9. The fourth-order valence-corrected chi connectivity index (χ4v) is 2.19. The molecule has 0 N–H and O–H groups in total. The van der Waals surface area contributed by atoms with Crippen LogP contribution in [0.15, 0.2) is 51.4 Å². The van der Waals surface area contributed by atoms with E-state index in [1.807, 2.05) is 0 Å². The molecule has 0 aliphatic heterocycles. The van der Waals surface area contributed by atoms with Crippen molar-refractivity contribution in [1.82, 2.24) is 0 Å². The van der Waals surface area contributed by atoms with E-state index in [0.717, 1.165) is 6.07 Å². The van der Waals surface area contributed by atoms with Crippen LogP contribution in [-0.2, 0) is 6.18 Å². The molecule has 0 spiro atoms. The van der Waals surface area contributed by atoms with Gasteiger partial charge in [-0.3, -0.25) is 0 Å². The maximum Gasteiger partial charge on any atom is 0.420 e. The first-order valence-corrected chi connectivity index (χ1v) is 6.75. The molecule has 2 rings (SSSR count). The van der Waals surface area contributed by atoms with E-state index >= 15 is 0 Å². The summed E-state index contributed by atoms with van der Waals surface area (Å²) >= 11 is 6.25. The van der Waals surface area contributed by atoms with Gasteiger partial charge in [-0.25, -0.2) is 0 Å². The van der Waals surface area contributed by atoms with Gasteiger partial charge in [0, 0.05) is 4.47 Å². The normalized spacial score (nSPS) is 11.4. The highest BCUT2D eigenvalue weighted by Crippen LogP contribution is 2.40. The van der Waals surface area contributed by atoms with Crippen molar-refractivity contribution in [2.75, 3.05) is 0 Å². The summed E-state index contributed by atoms with van der Waals surface area (Å²) in [5, 5.41) is 0. The van der Waals surface area contributed by atoms with Gasteiger partial charge in [-0.15, -0.1) is 0 Å². The first-order chi connectivity index (χ1) is 8.88. The lowest BCUT2D eigenvalue weighted by atomic mass is 10.2. The second kappa shape index (κ2) is 5.54. The number of para-hydroxylation sites is 1. The Bertz CT molecular complexity index is 597. The fourth-order valence-electron chi connectivity index (χ4n) is 1.46. The molecule has 0 aliphatic rings. The van der Waals surface area contributed by atoms with Gasteiger partial charge in [0.15, 0.2) is 0 Å². The standard InChI is InChI=1S/C13H7Br2F3O/c14-8-5-6-11(9(7-8)13(16,17)18)19-12-4-2-1-3-10(12)15/h1-7H. The van der Waals surface area contributed by atoms with E-state index in [-0.39, 0.29) is 5.75 Å². The number of rotatable bonds is 2. The summed E-state index contributed by atoms with van der Waals surface area (Å²) < 4.78 is 45.0. The third-order valence-corrected chi connectivity index (χ3v) is 3.45. The summed E-state index contributed by atoms with van der Waals surface area (Å²) in [4.78, 5) is 0. The largest absolute Gasteiger partial charge is 0.456 e. The van der Waals surface area contributed by atoms with Crippen molar-refractivity contribution in [3.05, 3.63) is 57.0 Å². The maximum absolute atomic E-state index is 12.9. The minimum Gasteiger partial charge on any atom is -0.456 e. The second-order valence-electron chi connectivity index (χ2n) is 3.67. The van der Waals surface area contributed by atoms with Crippen molar-refractivity contribution in [1.29, 1.82) is 0 Å². The number of hydrogen-bond donors (Lipinski definition) is 0. The van der Waals surface area contributed by atoms with E-state index in [0.29, 0.717) is 14.7 Å². The van der Waals surface area contributed by atoms with Gasteiger partial charge in [-0.05, 0) is 46.3 Å². The van der Waals surface area contributed by atoms with Crippen LogP contribution < -0.4 is 4.74 Å². The lowest BCUT2D eigenvalue weighted by molar-refractivity contribution is -0.138. The number of halogens is 5. The Morgan fingerprint density at radius 2 is 1.58 bits per heavy atom. The molecule has 2 aromatic carbocycles. The lowest BCUT2D eigenvalue weighted by Crippen LogP contribution is -2.07. The average Bonchev–Trinajstić information content (AvgIpc) is 2.33. The third kappa shape index (κ3) is 3.51. The molecule has 0 unspecified atom stereocenters. The quantitative estimate of drug-likeness (QED) is 0.603. The Morgan fingerprint density at radius 3 is 2.21 bits per heavy atom. The molecule has 6 heteroatoms. The Hall–Kier alpha value is -1.01. The van der Waals surface area contributed by atoms with Gasteiger partial charge in [0.2, 0.25) is 0 Å². The van der Waals surface area contributed by atoms with Crippen LogP contribution >= 0.6 is 31.9 Å². The number of alkyl halides is 3. The molecule has 0 heterocycles. The van der Waals surface area contributed by atoms with Crippen LogP contribution in [0.5, 0.6) is 11.5 Å². The van der Waals surface area contributed by atoms with E-state index < -0.39 is 11.7 Å². The molecule has 0 atom stereocenters. The van der Waals surface area contributed by atoms with Crippen molar-refractivity contribution in [3.63, 3.8) is 0 Å². The minimum absolute atomic E-state index is 0.234. The van der Waals surface area contributed by atoms with Crippen LogP contribution in [0, 0.1) is 0 Å². The molecule has 0 aliphatic carbocycles. The summed E-state index contributed by atoms with van der Waals surface area (Å²) in [5.74, 6) is 0.0953. The fraction of sp³-hybridized carbons (Fsp3) is 0.0769. The smallest absolute Gasteiger partial charge is 0.420 e. The van der Waals surface area contributed by atoms with Crippen molar-refractivity contribution in [2.45, 2.75) is 6.18 Å². The molecule has 2 aromatic rings. The Balaban J connectivity index is 2.44. The monoisotopic (exact) mass is 394 g/mol. The summed E-state index contributed by atoms with van der Waals surface area (Å²) in [6, 6.07) is 10.5. The molecular formula is C13H7Br2F3O. The van der Waals surface area contributed by atoms with Crippen LogP contribution in [0.4, 0.5) is 13.2 Å². The third-order valence-electron chi connectivity index (χ3n) is 2.30.